The average Bonchev–Trinajstić information content (AvgIpc) is 2.75. The fourth-order valence-electron chi connectivity index (χ4n) is 2.03. The average molecular weight is 260 g/mol. The topological polar surface area (TPSA) is 46.3 Å². The van der Waals surface area contributed by atoms with Gasteiger partial charge in [-0.25, -0.2) is 4.98 Å². The zero-order valence-corrected chi connectivity index (χ0v) is 11.8. The maximum absolute atomic E-state index is 12.0. The summed E-state index contributed by atoms with van der Waals surface area (Å²) in [6, 6.07) is 5.74. The molecule has 1 heterocycles. The Labute approximate surface area is 113 Å². The molecule has 0 saturated carbocycles. The molecule has 4 nitrogen and oxygen atoms in total. The molecule has 2 aromatic rings. The molecule has 0 N–H and O–H groups in total. The van der Waals surface area contributed by atoms with Gasteiger partial charge < -0.3 is 9.32 Å². The van der Waals surface area contributed by atoms with Crippen LogP contribution < -0.4 is 0 Å². The van der Waals surface area contributed by atoms with Crippen LogP contribution in [0.4, 0.5) is 0 Å². The third-order valence-corrected chi connectivity index (χ3v) is 3.19. The van der Waals surface area contributed by atoms with E-state index in [9.17, 15) is 4.79 Å². The highest BCUT2D eigenvalue weighted by atomic mass is 16.3. The summed E-state index contributed by atoms with van der Waals surface area (Å²) in [5.41, 5.74) is 2.57. The van der Waals surface area contributed by atoms with Gasteiger partial charge in [-0.1, -0.05) is 19.4 Å². The van der Waals surface area contributed by atoms with Crippen LogP contribution in [0.15, 0.2) is 22.6 Å². The molecule has 0 bridgehead atoms. The van der Waals surface area contributed by atoms with Crippen molar-refractivity contribution in [3.05, 3.63) is 29.7 Å². The number of hydrogen-bond donors (Lipinski definition) is 0. The number of carbonyl (C=O) groups excluding carboxylic acids is 1. The van der Waals surface area contributed by atoms with Crippen LogP contribution in [0.2, 0.25) is 0 Å². The molecule has 2 rings (SSSR count). The van der Waals surface area contributed by atoms with Gasteiger partial charge in [0, 0.05) is 20.5 Å². The van der Waals surface area contributed by atoms with Gasteiger partial charge in [0.25, 0.3) is 0 Å². The minimum atomic E-state index is 0.146. The lowest BCUT2D eigenvalue weighted by Gasteiger charge is -2.16. The molecule has 0 aliphatic rings. The van der Waals surface area contributed by atoms with Gasteiger partial charge in [0.2, 0.25) is 5.91 Å². The molecule has 0 atom stereocenters. The van der Waals surface area contributed by atoms with Gasteiger partial charge >= 0.3 is 0 Å². The van der Waals surface area contributed by atoms with Crippen LogP contribution in [0.3, 0.4) is 0 Å². The second-order valence-electron chi connectivity index (χ2n) is 4.88. The van der Waals surface area contributed by atoms with Gasteiger partial charge in [-0.15, -0.1) is 0 Å². The first kappa shape index (κ1) is 13.6. The van der Waals surface area contributed by atoms with Crippen LogP contribution in [0.25, 0.3) is 11.1 Å². The number of aromatic nitrogens is 1. The molecular weight excluding hydrogens is 240 g/mol. The van der Waals surface area contributed by atoms with Gasteiger partial charge in [-0.2, -0.15) is 0 Å². The van der Waals surface area contributed by atoms with Crippen LogP contribution in [0, 0.1) is 6.92 Å². The zero-order chi connectivity index (χ0) is 13.8. The van der Waals surface area contributed by atoms with Crippen LogP contribution in [-0.4, -0.2) is 29.4 Å². The minimum Gasteiger partial charge on any atom is -0.441 e. The summed E-state index contributed by atoms with van der Waals surface area (Å²) in [4.78, 5) is 18.1. The van der Waals surface area contributed by atoms with E-state index < -0.39 is 0 Å². The molecular formula is C15H20N2O2. The maximum atomic E-state index is 12.0. The summed E-state index contributed by atoms with van der Waals surface area (Å²) in [6.07, 6.45) is 2.56. The molecule has 0 saturated heterocycles. The SMILES string of the molecule is CCCCN(C)C(=O)Cc1ccc2oc(C)nc2c1. The Bertz CT molecular complexity index is 575. The third kappa shape index (κ3) is 3.34. The highest BCUT2D eigenvalue weighted by Crippen LogP contribution is 2.17. The van der Waals surface area contributed by atoms with Crippen molar-refractivity contribution in [2.24, 2.45) is 0 Å². The fourth-order valence-corrected chi connectivity index (χ4v) is 2.03. The van der Waals surface area contributed by atoms with E-state index in [-0.39, 0.29) is 5.91 Å². The Morgan fingerprint density at radius 1 is 1.42 bits per heavy atom. The Kier molecular flexibility index (Phi) is 4.20. The number of hydrogen-bond acceptors (Lipinski definition) is 3. The van der Waals surface area contributed by atoms with Gasteiger partial charge in [-0.05, 0) is 24.1 Å². The molecule has 1 aromatic carbocycles. The third-order valence-electron chi connectivity index (χ3n) is 3.19. The monoisotopic (exact) mass is 260 g/mol. The predicted molar refractivity (Wildman–Crippen MR) is 75.0 cm³/mol. The highest BCUT2D eigenvalue weighted by Gasteiger charge is 2.10. The first-order valence-electron chi connectivity index (χ1n) is 6.70. The molecule has 4 heteroatoms. The van der Waals surface area contributed by atoms with E-state index in [1.54, 1.807) is 4.90 Å². The maximum Gasteiger partial charge on any atom is 0.226 e. The van der Waals surface area contributed by atoms with E-state index in [4.69, 9.17) is 4.42 Å². The first-order chi connectivity index (χ1) is 9.10. The number of fused-ring (bicyclic) bond motifs is 1. The van der Waals surface area contributed by atoms with Crippen molar-refractivity contribution in [1.82, 2.24) is 9.88 Å². The number of nitrogens with zero attached hydrogens (tertiary/aromatic N) is 2. The van der Waals surface area contributed by atoms with Crippen molar-refractivity contribution in [2.45, 2.75) is 33.1 Å². The van der Waals surface area contributed by atoms with Crippen LogP contribution in [-0.2, 0) is 11.2 Å². The number of oxazole rings is 1. The normalized spacial score (nSPS) is 10.9. The van der Waals surface area contributed by atoms with Crippen LogP contribution >= 0.6 is 0 Å². The second kappa shape index (κ2) is 5.87. The number of rotatable bonds is 5. The largest absolute Gasteiger partial charge is 0.441 e. The van der Waals surface area contributed by atoms with Crippen molar-refractivity contribution in [2.75, 3.05) is 13.6 Å². The molecule has 1 aromatic heterocycles. The van der Waals surface area contributed by atoms with Crippen molar-refractivity contribution >= 4 is 17.0 Å². The number of benzene rings is 1. The first-order valence-corrected chi connectivity index (χ1v) is 6.70. The molecule has 1 amide bonds. The van der Waals surface area contributed by atoms with E-state index in [2.05, 4.69) is 11.9 Å². The molecule has 0 spiro atoms. The van der Waals surface area contributed by atoms with Gasteiger partial charge in [-0.3, -0.25) is 4.79 Å². The molecule has 0 radical (unpaired) electrons. The standard InChI is InChI=1S/C15H20N2O2/c1-4-5-8-17(3)15(18)10-12-6-7-14-13(9-12)16-11(2)19-14/h6-7,9H,4-5,8,10H2,1-3H3. The van der Waals surface area contributed by atoms with E-state index in [1.165, 1.54) is 0 Å². The van der Waals surface area contributed by atoms with E-state index in [0.29, 0.717) is 12.3 Å². The van der Waals surface area contributed by atoms with E-state index >= 15 is 0 Å². The molecule has 0 aliphatic heterocycles. The molecule has 0 fully saturated rings. The quantitative estimate of drug-likeness (QED) is 0.830. The number of likely N-dealkylation sites (N-methyl/N-ethyl adjacent to an activating group) is 1. The Hall–Kier alpha value is -1.84. The summed E-state index contributed by atoms with van der Waals surface area (Å²) in [7, 11) is 1.86. The fraction of sp³-hybridized carbons (Fsp3) is 0.467. The zero-order valence-electron chi connectivity index (χ0n) is 11.8. The predicted octanol–water partition coefficient (Wildman–Crippen LogP) is 2.94. The van der Waals surface area contributed by atoms with E-state index in [1.807, 2.05) is 32.2 Å². The molecule has 19 heavy (non-hydrogen) atoms. The van der Waals surface area contributed by atoms with Crippen molar-refractivity contribution in [3.63, 3.8) is 0 Å². The van der Waals surface area contributed by atoms with Crippen LogP contribution in [0.1, 0.15) is 31.2 Å². The number of unbranched alkanes of at least 4 members (excludes halogenated alkanes) is 1. The summed E-state index contributed by atoms with van der Waals surface area (Å²) in [5.74, 6) is 0.798. The number of amides is 1. The summed E-state index contributed by atoms with van der Waals surface area (Å²) < 4.78 is 5.42. The Morgan fingerprint density at radius 3 is 2.95 bits per heavy atom. The number of carbonyl (C=O) groups is 1. The number of aryl methyl sites for hydroxylation is 1. The summed E-state index contributed by atoms with van der Waals surface area (Å²) in [6.45, 7) is 4.77. The van der Waals surface area contributed by atoms with Gasteiger partial charge in [0.05, 0.1) is 6.42 Å². The summed E-state index contributed by atoms with van der Waals surface area (Å²) >= 11 is 0. The Balaban J connectivity index is 2.06. The van der Waals surface area contributed by atoms with Crippen molar-refractivity contribution < 1.29 is 9.21 Å². The lowest BCUT2D eigenvalue weighted by Crippen LogP contribution is -2.29. The van der Waals surface area contributed by atoms with Gasteiger partial charge in [0.1, 0.15) is 5.52 Å². The lowest BCUT2D eigenvalue weighted by molar-refractivity contribution is -0.129. The van der Waals surface area contributed by atoms with Crippen LogP contribution in [0.5, 0.6) is 0 Å². The molecule has 0 unspecified atom stereocenters. The van der Waals surface area contributed by atoms with Gasteiger partial charge in [0.15, 0.2) is 11.5 Å². The molecule has 0 aliphatic carbocycles. The smallest absolute Gasteiger partial charge is 0.226 e. The van der Waals surface area contributed by atoms with Crippen molar-refractivity contribution in [1.29, 1.82) is 0 Å². The Morgan fingerprint density at radius 2 is 2.21 bits per heavy atom. The van der Waals surface area contributed by atoms with E-state index in [0.717, 1.165) is 36.0 Å². The lowest BCUT2D eigenvalue weighted by atomic mass is 10.1. The van der Waals surface area contributed by atoms with Crippen molar-refractivity contribution in [3.8, 4) is 0 Å². The molecule has 102 valence electrons. The highest BCUT2D eigenvalue weighted by molar-refractivity contribution is 5.81. The second-order valence-corrected chi connectivity index (χ2v) is 4.88. The minimum absolute atomic E-state index is 0.146. The summed E-state index contributed by atoms with van der Waals surface area (Å²) in [5, 5.41) is 0.